The van der Waals surface area contributed by atoms with Gasteiger partial charge in [-0.2, -0.15) is 0 Å². The number of ether oxygens (including phenoxy) is 2. The van der Waals surface area contributed by atoms with Crippen LogP contribution in [-0.4, -0.2) is 34.6 Å². The van der Waals surface area contributed by atoms with Gasteiger partial charge in [-0.05, 0) is 34.6 Å². The minimum absolute atomic E-state index is 0.557. The topological polar surface area (TPSA) is 60.8 Å². The molecule has 0 spiro atoms. The zero-order valence-electron chi connectivity index (χ0n) is 14.2. The van der Waals surface area contributed by atoms with Gasteiger partial charge in [0.25, 0.3) is 0 Å². The fourth-order valence-electron chi connectivity index (χ4n) is 2.61. The Balaban J connectivity index is 1.79. The molecule has 1 aliphatic rings. The van der Waals surface area contributed by atoms with Gasteiger partial charge in [0.1, 0.15) is 16.0 Å². The van der Waals surface area contributed by atoms with Crippen LogP contribution < -0.4 is 4.74 Å². The van der Waals surface area contributed by atoms with E-state index in [0.29, 0.717) is 29.9 Å². The van der Waals surface area contributed by atoms with E-state index >= 15 is 0 Å². The third-order valence-electron chi connectivity index (χ3n) is 3.92. The normalized spacial score (nSPS) is 15.6. The van der Waals surface area contributed by atoms with E-state index in [1.165, 1.54) is 0 Å². The Bertz CT molecular complexity index is 861. The molecule has 0 aliphatic carbocycles. The molecule has 1 aliphatic heterocycles. The maximum atomic E-state index is 11.6. The average molecular weight is 377 g/mol. The first-order valence-electron chi connectivity index (χ1n) is 8.02. The molecule has 1 aromatic heterocycles. The quantitative estimate of drug-likeness (QED) is 0.696. The van der Waals surface area contributed by atoms with Crippen LogP contribution in [0.25, 0.3) is 0 Å². The molecule has 1 aromatic carbocycles. The zero-order chi connectivity index (χ0) is 17.6. The average Bonchev–Trinajstić information content (AvgIpc) is 2.98. The predicted molar refractivity (Wildman–Crippen MR) is 102 cm³/mol. The number of fused-ring (bicyclic) bond motifs is 1. The Morgan fingerprint density at radius 2 is 2.04 bits per heavy atom. The summed E-state index contributed by atoms with van der Waals surface area (Å²) in [6.45, 7) is 3.28. The summed E-state index contributed by atoms with van der Waals surface area (Å²) in [7, 11) is 1.73. The molecule has 0 radical (unpaired) electrons. The zero-order valence-corrected chi connectivity index (χ0v) is 15.9. The van der Waals surface area contributed by atoms with E-state index < -0.39 is 9.45 Å². The van der Waals surface area contributed by atoms with Crippen molar-refractivity contribution in [3.8, 4) is 5.75 Å². The van der Waals surface area contributed by atoms with Crippen LogP contribution in [0.3, 0.4) is 0 Å². The smallest absolute Gasteiger partial charge is 0.131 e. The molecular formula is C18H20N2O3S2. The van der Waals surface area contributed by atoms with Gasteiger partial charge in [0.2, 0.25) is 0 Å². The van der Waals surface area contributed by atoms with Crippen LogP contribution in [0.1, 0.15) is 17.7 Å². The number of aromatic nitrogens is 1. The van der Waals surface area contributed by atoms with Crippen LogP contribution in [0.15, 0.2) is 46.4 Å². The Morgan fingerprint density at radius 3 is 2.84 bits per heavy atom. The second-order valence-electron chi connectivity index (χ2n) is 5.56. The SMILES string of the molecule is COCCCOc1ccnc(CC2=Nc3ccccc3S2=S=O)c1C. The lowest BCUT2D eigenvalue weighted by Crippen LogP contribution is -2.10. The number of hydrogen-bond acceptors (Lipinski definition) is 5. The van der Waals surface area contributed by atoms with Crippen molar-refractivity contribution in [3.63, 3.8) is 0 Å². The van der Waals surface area contributed by atoms with Crippen molar-refractivity contribution in [2.24, 2.45) is 4.99 Å². The van der Waals surface area contributed by atoms with E-state index in [-0.39, 0.29) is 0 Å². The van der Waals surface area contributed by atoms with Gasteiger partial charge in [-0.15, -0.1) is 0 Å². The molecular weight excluding hydrogens is 356 g/mol. The Hall–Kier alpha value is -1.83. The Kier molecular flexibility index (Phi) is 6.12. The van der Waals surface area contributed by atoms with Crippen molar-refractivity contribution in [2.45, 2.75) is 24.7 Å². The van der Waals surface area contributed by atoms with Crippen LogP contribution >= 0.6 is 0 Å². The van der Waals surface area contributed by atoms with E-state index in [9.17, 15) is 4.21 Å². The highest BCUT2D eigenvalue weighted by Crippen LogP contribution is 2.32. The summed E-state index contributed by atoms with van der Waals surface area (Å²) in [5.74, 6) is 0.826. The molecule has 2 heterocycles. The van der Waals surface area contributed by atoms with Crippen molar-refractivity contribution in [2.75, 3.05) is 20.3 Å². The number of methoxy groups -OCH3 is 1. The summed E-state index contributed by atoms with van der Waals surface area (Å²) >= 11 is 0. The number of rotatable bonds is 7. The highest BCUT2D eigenvalue weighted by Gasteiger charge is 2.22. The van der Waals surface area contributed by atoms with Crippen LogP contribution in [-0.2, 0) is 30.8 Å². The lowest BCUT2D eigenvalue weighted by Gasteiger charge is -2.12. The largest absolute Gasteiger partial charge is 0.493 e. The fourth-order valence-corrected chi connectivity index (χ4v) is 5.14. The van der Waals surface area contributed by atoms with Gasteiger partial charge in [-0.25, -0.2) is 9.20 Å². The minimum Gasteiger partial charge on any atom is -0.493 e. The summed E-state index contributed by atoms with van der Waals surface area (Å²) in [4.78, 5) is 10.2. The minimum atomic E-state index is -0.557. The van der Waals surface area contributed by atoms with E-state index in [0.717, 1.165) is 39.1 Å². The second kappa shape index (κ2) is 8.51. The van der Waals surface area contributed by atoms with Crippen molar-refractivity contribution in [1.29, 1.82) is 0 Å². The van der Waals surface area contributed by atoms with Crippen molar-refractivity contribution in [3.05, 3.63) is 47.8 Å². The predicted octanol–water partition coefficient (Wildman–Crippen LogP) is 3.20. The second-order valence-corrected chi connectivity index (χ2v) is 8.56. The number of benzene rings is 1. The first kappa shape index (κ1) is 18.0. The Labute approximate surface area is 152 Å². The molecule has 0 N–H and O–H groups in total. The van der Waals surface area contributed by atoms with E-state index in [2.05, 4.69) is 9.98 Å². The highest BCUT2D eigenvalue weighted by atomic mass is 32.8. The maximum Gasteiger partial charge on any atom is 0.131 e. The molecule has 2 aromatic rings. The molecule has 0 saturated carbocycles. The first-order valence-corrected chi connectivity index (χ1v) is 10.5. The van der Waals surface area contributed by atoms with Crippen molar-refractivity contribution >= 4 is 30.4 Å². The molecule has 1 unspecified atom stereocenters. The number of aliphatic imine (C=N–C) groups is 1. The van der Waals surface area contributed by atoms with Gasteiger partial charge >= 0.3 is 0 Å². The lowest BCUT2D eigenvalue weighted by atomic mass is 10.1. The standard InChI is InChI=1S/C18H20N2O3S2/c1-13-15(19-9-8-16(13)23-11-5-10-22-2)12-18-20-14-6-3-4-7-17(14)25(18)24-21/h3-4,6-9H,5,10-12H2,1-2H3. The van der Waals surface area contributed by atoms with Gasteiger partial charge in [0.05, 0.1) is 23.0 Å². The van der Waals surface area contributed by atoms with Crippen molar-refractivity contribution in [1.82, 2.24) is 4.98 Å². The molecule has 132 valence electrons. The molecule has 5 nitrogen and oxygen atoms in total. The molecule has 0 bridgehead atoms. The summed E-state index contributed by atoms with van der Waals surface area (Å²) in [5, 5.41) is 0.883. The monoisotopic (exact) mass is 376 g/mol. The molecule has 0 fully saturated rings. The first-order chi connectivity index (χ1) is 12.2. The number of para-hydroxylation sites is 1. The van der Waals surface area contributed by atoms with Gasteiger partial charge < -0.3 is 9.47 Å². The molecule has 25 heavy (non-hydrogen) atoms. The van der Waals surface area contributed by atoms with Gasteiger partial charge in [-0.3, -0.25) is 4.98 Å². The lowest BCUT2D eigenvalue weighted by molar-refractivity contribution is 0.172. The van der Waals surface area contributed by atoms with Crippen LogP contribution in [0.4, 0.5) is 5.69 Å². The van der Waals surface area contributed by atoms with Crippen LogP contribution in [0, 0.1) is 6.92 Å². The summed E-state index contributed by atoms with van der Waals surface area (Å²) < 4.78 is 22.5. The van der Waals surface area contributed by atoms with Crippen LogP contribution in [0.5, 0.6) is 5.75 Å². The van der Waals surface area contributed by atoms with E-state index in [1.807, 2.05) is 37.3 Å². The van der Waals surface area contributed by atoms with E-state index in [1.54, 1.807) is 13.3 Å². The fraction of sp³-hybridized carbons (Fsp3) is 0.333. The molecule has 0 amide bonds. The number of pyridine rings is 1. The molecule has 3 rings (SSSR count). The van der Waals surface area contributed by atoms with E-state index in [4.69, 9.17) is 9.47 Å². The van der Waals surface area contributed by atoms with Gasteiger partial charge in [0.15, 0.2) is 0 Å². The number of nitrogens with zero attached hydrogens (tertiary/aromatic N) is 2. The highest BCUT2D eigenvalue weighted by molar-refractivity contribution is 8.39. The molecule has 1 atom stereocenters. The van der Waals surface area contributed by atoms with Crippen molar-refractivity contribution < 1.29 is 13.7 Å². The number of hydrogen-bond donors (Lipinski definition) is 0. The summed E-state index contributed by atoms with van der Waals surface area (Å²) in [6.07, 6.45) is 3.15. The Morgan fingerprint density at radius 1 is 1.20 bits per heavy atom. The third kappa shape index (κ3) is 4.05. The molecule has 7 heteroatoms. The maximum absolute atomic E-state index is 11.6. The summed E-state index contributed by atoms with van der Waals surface area (Å²) in [5.41, 5.74) is 2.80. The summed E-state index contributed by atoms with van der Waals surface area (Å²) in [6, 6.07) is 9.70. The van der Waals surface area contributed by atoms with Crippen LogP contribution in [0.2, 0.25) is 0 Å². The third-order valence-corrected chi connectivity index (χ3v) is 6.99. The van der Waals surface area contributed by atoms with Gasteiger partial charge in [0, 0.05) is 43.2 Å². The molecule has 0 saturated heterocycles. The van der Waals surface area contributed by atoms with Gasteiger partial charge in [-0.1, -0.05) is 12.1 Å².